The van der Waals surface area contributed by atoms with E-state index in [4.69, 9.17) is 18.9 Å². The average molecular weight is 454 g/mol. The summed E-state index contributed by atoms with van der Waals surface area (Å²) in [6, 6.07) is 7.22. The van der Waals surface area contributed by atoms with E-state index >= 15 is 0 Å². The molecule has 32 heavy (non-hydrogen) atoms. The van der Waals surface area contributed by atoms with Gasteiger partial charge in [0.1, 0.15) is 0 Å². The molecule has 2 amide bonds. The lowest BCUT2D eigenvalue weighted by molar-refractivity contribution is -0.120. The maximum Gasteiger partial charge on any atom is 0.387 e. The number of hydrogen-bond acceptors (Lipinski definition) is 7. The van der Waals surface area contributed by atoms with E-state index in [1.54, 1.807) is 0 Å². The first-order valence-corrected chi connectivity index (χ1v) is 9.29. The van der Waals surface area contributed by atoms with Crippen LogP contribution in [0.3, 0.4) is 0 Å². The quantitative estimate of drug-likeness (QED) is 0.537. The van der Waals surface area contributed by atoms with Crippen LogP contribution in [0.5, 0.6) is 28.7 Å². The number of benzene rings is 2. The van der Waals surface area contributed by atoms with Crippen molar-refractivity contribution < 1.29 is 42.1 Å². The number of hydrogen-bond donors (Lipinski definition) is 2. The first-order valence-electron chi connectivity index (χ1n) is 9.29. The van der Waals surface area contributed by atoms with Crippen LogP contribution < -0.4 is 34.3 Å². The largest absolute Gasteiger partial charge is 0.493 e. The third kappa shape index (κ3) is 6.37. The SMILES string of the molecule is COc1cc(CNC(=O)CNC(=O)c2cc(OC)c(OC)c(OC)c2)ccc1OC(F)F. The van der Waals surface area contributed by atoms with Crippen molar-refractivity contribution in [1.29, 1.82) is 0 Å². The number of ether oxygens (including phenoxy) is 5. The molecule has 0 spiro atoms. The summed E-state index contributed by atoms with van der Waals surface area (Å²) < 4.78 is 49.8. The van der Waals surface area contributed by atoms with Crippen molar-refractivity contribution >= 4 is 11.8 Å². The fraction of sp³-hybridized carbons (Fsp3) is 0.333. The van der Waals surface area contributed by atoms with Crippen LogP contribution in [0.1, 0.15) is 15.9 Å². The number of amides is 2. The summed E-state index contributed by atoms with van der Waals surface area (Å²) >= 11 is 0. The molecule has 0 radical (unpaired) electrons. The molecule has 0 saturated heterocycles. The van der Waals surface area contributed by atoms with Crippen molar-refractivity contribution in [2.45, 2.75) is 13.2 Å². The van der Waals surface area contributed by atoms with E-state index in [1.807, 2.05) is 0 Å². The highest BCUT2D eigenvalue weighted by Crippen LogP contribution is 2.38. The van der Waals surface area contributed by atoms with E-state index in [2.05, 4.69) is 15.4 Å². The van der Waals surface area contributed by atoms with Crippen molar-refractivity contribution in [3.8, 4) is 28.7 Å². The average Bonchev–Trinajstić information content (AvgIpc) is 2.80. The van der Waals surface area contributed by atoms with E-state index in [0.29, 0.717) is 22.8 Å². The van der Waals surface area contributed by atoms with Crippen LogP contribution in [0.25, 0.3) is 0 Å². The van der Waals surface area contributed by atoms with Crippen molar-refractivity contribution in [1.82, 2.24) is 10.6 Å². The van der Waals surface area contributed by atoms with E-state index in [-0.39, 0.29) is 30.2 Å². The monoisotopic (exact) mass is 454 g/mol. The molecule has 0 atom stereocenters. The topological polar surface area (TPSA) is 104 Å². The minimum Gasteiger partial charge on any atom is -0.493 e. The van der Waals surface area contributed by atoms with Gasteiger partial charge in [0.05, 0.1) is 35.0 Å². The zero-order chi connectivity index (χ0) is 23.7. The number of nitrogens with one attached hydrogen (secondary N) is 2. The zero-order valence-corrected chi connectivity index (χ0v) is 18.0. The van der Waals surface area contributed by atoms with Gasteiger partial charge >= 0.3 is 6.61 Å². The third-order valence-corrected chi connectivity index (χ3v) is 4.27. The standard InChI is InChI=1S/C21H24F2N2O7/c1-28-15-7-12(5-6-14(15)32-21(22)23)10-24-18(26)11-25-20(27)13-8-16(29-2)19(31-4)17(9-13)30-3/h5-9,21H,10-11H2,1-4H3,(H,24,26)(H,25,27). The van der Waals surface area contributed by atoms with Gasteiger partial charge in [-0.15, -0.1) is 0 Å². The molecule has 0 bridgehead atoms. The highest BCUT2D eigenvalue weighted by atomic mass is 19.3. The second kappa shape index (κ2) is 11.6. The predicted octanol–water partition coefficient (Wildman–Crippen LogP) is 2.37. The molecule has 0 aromatic heterocycles. The van der Waals surface area contributed by atoms with Gasteiger partial charge in [-0.05, 0) is 29.8 Å². The number of alkyl halides is 2. The van der Waals surface area contributed by atoms with Gasteiger partial charge in [-0.1, -0.05) is 6.07 Å². The van der Waals surface area contributed by atoms with Crippen LogP contribution >= 0.6 is 0 Å². The number of carbonyl (C=O) groups is 2. The van der Waals surface area contributed by atoms with Crippen LogP contribution in [0.4, 0.5) is 8.78 Å². The van der Waals surface area contributed by atoms with Crippen molar-refractivity contribution in [3.05, 3.63) is 41.5 Å². The molecule has 0 unspecified atom stereocenters. The lowest BCUT2D eigenvalue weighted by Crippen LogP contribution is -2.36. The maximum atomic E-state index is 12.4. The van der Waals surface area contributed by atoms with Crippen LogP contribution in [-0.4, -0.2) is 53.4 Å². The Morgan fingerprint density at radius 1 is 0.844 bits per heavy atom. The molecule has 0 heterocycles. The molecule has 11 heteroatoms. The van der Waals surface area contributed by atoms with Crippen LogP contribution in [0.2, 0.25) is 0 Å². The van der Waals surface area contributed by atoms with Gasteiger partial charge < -0.3 is 34.3 Å². The lowest BCUT2D eigenvalue weighted by Gasteiger charge is -2.14. The van der Waals surface area contributed by atoms with Crippen LogP contribution in [-0.2, 0) is 11.3 Å². The fourth-order valence-corrected chi connectivity index (χ4v) is 2.75. The Hall–Kier alpha value is -3.76. The number of halogens is 2. The van der Waals surface area contributed by atoms with Gasteiger partial charge in [-0.25, -0.2) is 0 Å². The minimum atomic E-state index is -2.98. The number of carbonyl (C=O) groups excluding carboxylic acids is 2. The summed E-state index contributed by atoms with van der Waals surface area (Å²) in [4.78, 5) is 24.5. The summed E-state index contributed by atoms with van der Waals surface area (Å²) in [6.45, 7) is -3.19. The van der Waals surface area contributed by atoms with Crippen LogP contribution in [0, 0.1) is 0 Å². The zero-order valence-electron chi connectivity index (χ0n) is 18.0. The third-order valence-electron chi connectivity index (χ3n) is 4.27. The molecule has 2 N–H and O–H groups in total. The minimum absolute atomic E-state index is 0.0875. The Balaban J connectivity index is 1.95. The molecular formula is C21H24F2N2O7. The summed E-state index contributed by atoms with van der Waals surface area (Å²) in [5.74, 6) is -0.0517. The summed E-state index contributed by atoms with van der Waals surface area (Å²) in [7, 11) is 5.61. The highest BCUT2D eigenvalue weighted by molar-refractivity contribution is 5.97. The number of methoxy groups -OCH3 is 4. The molecule has 2 aromatic carbocycles. The molecule has 9 nitrogen and oxygen atoms in total. The Morgan fingerprint density at radius 3 is 2.00 bits per heavy atom. The Bertz CT molecular complexity index is 929. The first kappa shape index (κ1) is 24.5. The van der Waals surface area contributed by atoms with E-state index in [0.717, 1.165) is 0 Å². The molecule has 174 valence electrons. The molecule has 2 aromatic rings. The molecule has 0 saturated carbocycles. The summed E-state index contributed by atoms with van der Waals surface area (Å²) in [6.07, 6.45) is 0. The second-order valence-corrected chi connectivity index (χ2v) is 6.24. The predicted molar refractivity (Wildman–Crippen MR) is 110 cm³/mol. The first-order chi connectivity index (χ1) is 15.3. The van der Waals surface area contributed by atoms with Gasteiger partial charge in [-0.2, -0.15) is 8.78 Å². The fourth-order valence-electron chi connectivity index (χ4n) is 2.75. The Morgan fingerprint density at radius 2 is 1.47 bits per heavy atom. The van der Waals surface area contributed by atoms with Crippen molar-refractivity contribution in [2.24, 2.45) is 0 Å². The highest BCUT2D eigenvalue weighted by Gasteiger charge is 2.17. The van der Waals surface area contributed by atoms with E-state index in [1.165, 1.54) is 58.8 Å². The maximum absolute atomic E-state index is 12.4. The Labute approximate surface area is 183 Å². The Kier molecular flexibility index (Phi) is 8.87. The lowest BCUT2D eigenvalue weighted by atomic mass is 10.1. The molecule has 0 aliphatic rings. The second-order valence-electron chi connectivity index (χ2n) is 6.24. The van der Waals surface area contributed by atoms with Gasteiger partial charge in [-0.3, -0.25) is 9.59 Å². The van der Waals surface area contributed by atoms with Crippen LogP contribution in [0.15, 0.2) is 30.3 Å². The van der Waals surface area contributed by atoms with Crippen molar-refractivity contribution in [2.75, 3.05) is 35.0 Å². The normalized spacial score (nSPS) is 10.3. The number of rotatable bonds is 11. The van der Waals surface area contributed by atoms with Gasteiger partial charge in [0, 0.05) is 12.1 Å². The molecule has 0 aliphatic carbocycles. The summed E-state index contributed by atoms with van der Waals surface area (Å²) in [5.41, 5.74) is 0.805. The molecular weight excluding hydrogens is 430 g/mol. The molecule has 0 fully saturated rings. The van der Waals surface area contributed by atoms with E-state index in [9.17, 15) is 18.4 Å². The summed E-state index contributed by atoms with van der Waals surface area (Å²) in [5, 5.41) is 5.11. The van der Waals surface area contributed by atoms with Gasteiger partial charge in [0.25, 0.3) is 5.91 Å². The molecule has 0 aliphatic heterocycles. The smallest absolute Gasteiger partial charge is 0.387 e. The van der Waals surface area contributed by atoms with Gasteiger partial charge in [0.15, 0.2) is 23.0 Å². The molecule has 2 rings (SSSR count). The van der Waals surface area contributed by atoms with Gasteiger partial charge in [0.2, 0.25) is 11.7 Å². The van der Waals surface area contributed by atoms with E-state index < -0.39 is 18.4 Å². The van der Waals surface area contributed by atoms with Crippen molar-refractivity contribution in [3.63, 3.8) is 0 Å².